The van der Waals surface area contributed by atoms with E-state index in [9.17, 15) is 5.11 Å². The molecular weight excluding hydrogens is 450 g/mol. The maximum atomic E-state index is 10.3. The number of hydrogen-bond donors (Lipinski definition) is 1. The van der Waals surface area contributed by atoms with Gasteiger partial charge >= 0.3 is 171 Å². The van der Waals surface area contributed by atoms with Gasteiger partial charge in [0.15, 0.2) is 0 Å². The molecule has 0 unspecified atom stereocenters. The molecule has 0 saturated heterocycles. The fraction of sp³-hybridized carbons (Fsp3) is 0.174. The van der Waals surface area contributed by atoms with Crippen LogP contribution in [-0.4, -0.2) is 45.4 Å². The van der Waals surface area contributed by atoms with Crippen LogP contribution in [0.2, 0.25) is 4.47 Å². The van der Waals surface area contributed by atoms with Gasteiger partial charge in [0.1, 0.15) is 0 Å². The number of benzene rings is 3. The van der Waals surface area contributed by atoms with Crippen LogP contribution < -0.4 is 8.35 Å². The quantitative estimate of drug-likeness (QED) is 0.305. The number of aliphatic imine (C=N–C) groups is 1. The van der Waals surface area contributed by atoms with Gasteiger partial charge in [-0.25, -0.2) is 0 Å². The first kappa shape index (κ1) is 19.5. The number of phenols is 1. The van der Waals surface area contributed by atoms with Crippen LogP contribution in [0.5, 0.6) is 11.5 Å². The molecule has 0 aliphatic heterocycles. The van der Waals surface area contributed by atoms with E-state index in [1.165, 1.54) is 8.08 Å². The standard InChI is InChI=1S/C23H23NO2Te/c1-26-19-12-14-20(15-13-19)27-17-7-16-24-23(18-8-3-2-4-9-18)21-10-5-6-11-22(21)25/h2-6,8-15,25H,7,16-17H2,1H3. The van der Waals surface area contributed by atoms with Crippen molar-refractivity contribution in [1.29, 1.82) is 0 Å². The summed E-state index contributed by atoms with van der Waals surface area (Å²) in [6.07, 6.45) is 1.05. The molecule has 0 atom stereocenters. The molecule has 0 aliphatic carbocycles. The van der Waals surface area contributed by atoms with Crippen LogP contribution >= 0.6 is 0 Å². The summed E-state index contributed by atoms with van der Waals surface area (Å²) in [6, 6.07) is 25.9. The molecule has 0 heterocycles. The Bertz CT molecular complexity index is 876. The van der Waals surface area contributed by atoms with E-state index in [2.05, 4.69) is 12.1 Å². The molecule has 0 aliphatic rings. The van der Waals surface area contributed by atoms with Crippen LogP contribution in [0.3, 0.4) is 0 Å². The van der Waals surface area contributed by atoms with Gasteiger partial charge in [-0.2, -0.15) is 0 Å². The van der Waals surface area contributed by atoms with Gasteiger partial charge in [-0.15, -0.1) is 0 Å². The molecule has 0 saturated carbocycles. The van der Waals surface area contributed by atoms with Crippen molar-refractivity contribution in [3.8, 4) is 11.5 Å². The Morgan fingerprint density at radius 1 is 0.926 bits per heavy atom. The van der Waals surface area contributed by atoms with E-state index in [0.29, 0.717) is 0 Å². The Morgan fingerprint density at radius 2 is 1.63 bits per heavy atom. The molecule has 138 valence electrons. The number of aromatic hydroxyl groups is 1. The summed E-state index contributed by atoms with van der Waals surface area (Å²) in [6.45, 7) is 0.763. The van der Waals surface area contributed by atoms with E-state index < -0.39 is 0 Å². The van der Waals surface area contributed by atoms with Gasteiger partial charge < -0.3 is 0 Å². The van der Waals surface area contributed by atoms with E-state index in [1.54, 1.807) is 13.2 Å². The Morgan fingerprint density at radius 3 is 2.33 bits per heavy atom. The second-order valence-corrected chi connectivity index (χ2v) is 9.33. The van der Waals surface area contributed by atoms with Crippen LogP contribution in [0, 0.1) is 0 Å². The van der Waals surface area contributed by atoms with E-state index in [-0.39, 0.29) is 26.7 Å². The molecule has 27 heavy (non-hydrogen) atoms. The van der Waals surface area contributed by atoms with Gasteiger partial charge in [-0.05, 0) is 0 Å². The van der Waals surface area contributed by atoms with Crippen LogP contribution in [0.1, 0.15) is 17.5 Å². The van der Waals surface area contributed by atoms with Gasteiger partial charge in [-0.1, -0.05) is 0 Å². The number of ether oxygens (including phenoxy) is 1. The third-order valence-corrected chi connectivity index (χ3v) is 7.24. The zero-order valence-corrected chi connectivity index (χ0v) is 17.7. The summed E-state index contributed by atoms with van der Waals surface area (Å²) < 4.78 is 7.85. The third kappa shape index (κ3) is 5.60. The zero-order chi connectivity index (χ0) is 18.9. The van der Waals surface area contributed by atoms with Gasteiger partial charge in [0.05, 0.1) is 0 Å². The van der Waals surface area contributed by atoms with E-state index in [4.69, 9.17) is 9.73 Å². The Balaban J connectivity index is 1.64. The predicted octanol–water partition coefficient (Wildman–Crippen LogP) is 4.08. The summed E-state index contributed by atoms with van der Waals surface area (Å²) in [4.78, 5) is 4.84. The van der Waals surface area contributed by atoms with Crippen molar-refractivity contribution in [2.75, 3.05) is 13.7 Å². The molecule has 0 fully saturated rings. The van der Waals surface area contributed by atoms with E-state index >= 15 is 0 Å². The summed E-state index contributed by atoms with van der Waals surface area (Å²) in [5, 5.41) is 10.3. The van der Waals surface area contributed by atoms with Crippen molar-refractivity contribution in [3.63, 3.8) is 0 Å². The van der Waals surface area contributed by atoms with Crippen molar-refractivity contribution in [1.82, 2.24) is 0 Å². The monoisotopic (exact) mass is 475 g/mol. The summed E-state index contributed by atoms with van der Waals surface area (Å²) in [7, 11) is 1.69. The molecule has 3 rings (SSSR count). The summed E-state index contributed by atoms with van der Waals surface area (Å²) >= 11 is -0.204. The summed E-state index contributed by atoms with van der Waals surface area (Å²) in [5.41, 5.74) is 2.68. The number of nitrogens with zero attached hydrogens (tertiary/aromatic N) is 1. The molecule has 1 N–H and O–H groups in total. The number of methoxy groups -OCH3 is 1. The SMILES string of the molecule is COc1ccc([Te]CCCN=C(c2ccccc2)c2ccccc2O)cc1. The number of hydrogen-bond acceptors (Lipinski definition) is 3. The van der Waals surface area contributed by atoms with Gasteiger partial charge in [0, 0.05) is 0 Å². The number of phenolic OH excluding ortho intramolecular Hbond substituents is 1. The molecule has 0 bridgehead atoms. The number of para-hydroxylation sites is 1. The fourth-order valence-electron chi connectivity index (χ4n) is 2.72. The van der Waals surface area contributed by atoms with Crippen molar-refractivity contribution in [2.45, 2.75) is 10.9 Å². The third-order valence-electron chi connectivity index (χ3n) is 4.11. The first-order valence-corrected chi connectivity index (χ1v) is 11.7. The molecule has 0 amide bonds. The van der Waals surface area contributed by atoms with Crippen LogP contribution in [-0.2, 0) is 0 Å². The first-order chi connectivity index (χ1) is 13.3. The molecular formula is C23H23NO2Te. The second kappa shape index (κ2) is 10.2. The molecule has 4 heteroatoms. The average Bonchev–Trinajstić information content (AvgIpc) is 2.72. The molecule has 3 nitrogen and oxygen atoms in total. The molecule has 0 radical (unpaired) electrons. The summed E-state index contributed by atoms with van der Waals surface area (Å²) in [5.74, 6) is 1.18. The first-order valence-electron chi connectivity index (χ1n) is 8.93. The minimum absolute atomic E-state index is 0.204. The maximum absolute atomic E-state index is 10.3. The molecule has 3 aromatic rings. The Kier molecular flexibility index (Phi) is 7.33. The van der Waals surface area contributed by atoms with Gasteiger partial charge in [-0.3, -0.25) is 0 Å². The molecule has 3 aromatic carbocycles. The van der Waals surface area contributed by atoms with Crippen molar-refractivity contribution in [3.05, 3.63) is 90.0 Å². The second-order valence-electron chi connectivity index (χ2n) is 5.99. The van der Waals surface area contributed by atoms with Crippen molar-refractivity contribution >= 4 is 30.2 Å². The van der Waals surface area contributed by atoms with Crippen molar-refractivity contribution < 1.29 is 9.84 Å². The van der Waals surface area contributed by atoms with E-state index in [1.807, 2.05) is 60.7 Å². The normalized spacial score (nSPS) is 11.4. The van der Waals surface area contributed by atoms with Crippen LogP contribution in [0.15, 0.2) is 83.9 Å². The van der Waals surface area contributed by atoms with E-state index in [0.717, 1.165) is 35.6 Å². The zero-order valence-electron chi connectivity index (χ0n) is 15.3. The van der Waals surface area contributed by atoms with Crippen LogP contribution in [0.25, 0.3) is 0 Å². The fourth-order valence-corrected chi connectivity index (χ4v) is 5.11. The van der Waals surface area contributed by atoms with Crippen LogP contribution in [0.4, 0.5) is 0 Å². The number of rotatable bonds is 8. The predicted molar refractivity (Wildman–Crippen MR) is 113 cm³/mol. The Hall–Kier alpha value is -2.28. The average molecular weight is 473 g/mol. The molecule has 0 aromatic heterocycles. The minimum atomic E-state index is -0.204. The van der Waals surface area contributed by atoms with Gasteiger partial charge in [0.25, 0.3) is 0 Å². The van der Waals surface area contributed by atoms with Crippen molar-refractivity contribution in [2.24, 2.45) is 4.99 Å². The van der Waals surface area contributed by atoms with Gasteiger partial charge in [0.2, 0.25) is 0 Å². The Labute approximate surface area is 170 Å². The topological polar surface area (TPSA) is 41.8 Å². The molecule has 0 spiro atoms.